The Hall–Kier alpha value is -1.21. The maximum absolute atomic E-state index is 13.3. The maximum atomic E-state index is 13.3. The molecule has 1 aliphatic carbocycles. The van der Waals surface area contributed by atoms with Gasteiger partial charge in [-0.3, -0.25) is 10.1 Å². The second-order valence-electron chi connectivity index (χ2n) is 4.36. The van der Waals surface area contributed by atoms with Crippen LogP contribution in [0.15, 0.2) is 16.6 Å². The van der Waals surface area contributed by atoms with Crippen LogP contribution in [0.2, 0.25) is 0 Å². The highest BCUT2D eigenvalue weighted by Gasteiger charge is 2.31. The van der Waals surface area contributed by atoms with Gasteiger partial charge in [-0.05, 0) is 40.8 Å². The summed E-state index contributed by atoms with van der Waals surface area (Å²) in [6, 6.07) is 2.30. The van der Waals surface area contributed by atoms with E-state index in [1.165, 1.54) is 6.07 Å². The number of nitrogens with one attached hydrogen (secondary N) is 1. The Morgan fingerprint density at radius 1 is 1.61 bits per heavy atom. The summed E-state index contributed by atoms with van der Waals surface area (Å²) in [5, 5.41) is 13.9. The molecule has 0 saturated heterocycles. The average Bonchev–Trinajstić information content (AvgIpc) is 3.13. The Labute approximate surface area is 112 Å². The van der Waals surface area contributed by atoms with Crippen molar-refractivity contribution < 1.29 is 9.31 Å². The number of anilines is 1. The molecule has 5 nitrogen and oxygen atoms in total. The number of nitro benzene ring substituents is 1. The highest BCUT2D eigenvalue weighted by molar-refractivity contribution is 9.10. The molecule has 1 unspecified atom stereocenters. The van der Waals surface area contributed by atoms with E-state index in [2.05, 4.69) is 21.2 Å². The van der Waals surface area contributed by atoms with Crippen LogP contribution in [0.5, 0.6) is 0 Å². The monoisotopic (exact) mass is 317 g/mol. The Kier molecular flexibility index (Phi) is 3.82. The summed E-state index contributed by atoms with van der Waals surface area (Å²) in [6.45, 7) is 0.400. The van der Waals surface area contributed by atoms with Gasteiger partial charge in [0.1, 0.15) is 11.5 Å². The predicted molar refractivity (Wildman–Crippen MR) is 69.9 cm³/mol. The standard InChI is InChI=1S/C11H13BrFN3O2/c12-7-3-9(11(16(17)18)4-8(7)13)15-10(5-14)6-1-2-6/h3-4,6,10,15H,1-2,5,14H2. The smallest absolute Gasteiger partial charge is 0.295 e. The minimum atomic E-state index is -0.650. The van der Waals surface area contributed by atoms with Crippen LogP contribution in [-0.4, -0.2) is 17.5 Å². The van der Waals surface area contributed by atoms with Crippen LogP contribution in [0, 0.1) is 21.8 Å². The second-order valence-corrected chi connectivity index (χ2v) is 5.22. The summed E-state index contributed by atoms with van der Waals surface area (Å²) in [6.07, 6.45) is 2.15. The number of hydrogen-bond donors (Lipinski definition) is 2. The van der Waals surface area contributed by atoms with Crippen molar-refractivity contribution in [2.45, 2.75) is 18.9 Å². The van der Waals surface area contributed by atoms with E-state index in [4.69, 9.17) is 5.73 Å². The molecule has 7 heteroatoms. The topological polar surface area (TPSA) is 81.2 Å². The fourth-order valence-corrected chi connectivity index (χ4v) is 2.21. The highest BCUT2D eigenvalue weighted by atomic mass is 79.9. The molecule has 1 saturated carbocycles. The lowest BCUT2D eigenvalue weighted by atomic mass is 10.1. The summed E-state index contributed by atoms with van der Waals surface area (Å²) < 4.78 is 13.5. The predicted octanol–water partition coefficient (Wildman–Crippen LogP) is 2.65. The molecule has 0 aromatic heterocycles. The van der Waals surface area contributed by atoms with Gasteiger partial charge in [0.05, 0.1) is 15.5 Å². The molecule has 1 atom stereocenters. The van der Waals surface area contributed by atoms with Gasteiger partial charge in [-0.1, -0.05) is 0 Å². The zero-order valence-corrected chi connectivity index (χ0v) is 11.1. The molecule has 1 aromatic carbocycles. The molecular formula is C11H13BrFN3O2. The molecule has 0 aliphatic heterocycles. The molecule has 18 heavy (non-hydrogen) atoms. The number of nitro groups is 1. The summed E-state index contributed by atoms with van der Waals surface area (Å²) in [5.74, 6) is -0.193. The molecule has 1 aliphatic rings. The molecule has 98 valence electrons. The van der Waals surface area contributed by atoms with Crippen molar-refractivity contribution in [3.63, 3.8) is 0 Å². The van der Waals surface area contributed by atoms with Crippen molar-refractivity contribution in [2.24, 2.45) is 11.7 Å². The van der Waals surface area contributed by atoms with E-state index in [1.807, 2.05) is 0 Å². The first-order valence-corrected chi connectivity index (χ1v) is 6.42. The molecule has 1 fully saturated rings. The van der Waals surface area contributed by atoms with Gasteiger partial charge in [0.25, 0.3) is 5.69 Å². The Morgan fingerprint density at radius 2 is 2.28 bits per heavy atom. The van der Waals surface area contributed by atoms with Crippen molar-refractivity contribution in [3.8, 4) is 0 Å². The van der Waals surface area contributed by atoms with Crippen molar-refractivity contribution in [2.75, 3.05) is 11.9 Å². The number of halogens is 2. The normalized spacial score (nSPS) is 16.4. The van der Waals surface area contributed by atoms with Crippen molar-refractivity contribution in [3.05, 3.63) is 32.5 Å². The Bertz CT molecular complexity index is 480. The Balaban J connectivity index is 2.29. The third-order valence-electron chi connectivity index (χ3n) is 3.02. The Morgan fingerprint density at radius 3 is 2.78 bits per heavy atom. The molecule has 0 radical (unpaired) electrons. The van der Waals surface area contributed by atoms with E-state index in [-0.39, 0.29) is 16.2 Å². The number of hydrogen-bond acceptors (Lipinski definition) is 4. The molecule has 0 spiro atoms. The molecule has 0 amide bonds. The van der Waals surface area contributed by atoms with Gasteiger partial charge in [0.2, 0.25) is 0 Å². The number of nitrogens with zero attached hydrogens (tertiary/aromatic N) is 1. The van der Waals surface area contributed by atoms with Crippen LogP contribution < -0.4 is 11.1 Å². The number of benzene rings is 1. The number of rotatable bonds is 5. The van der Waals surface area contributed by atoms with Gasteiger partial charge < -0.3 is 11.1 Å². The fourth-order valence-electron chi connectivity index (χ4n) is 1.87. The van der Waals surface area contributed by atoms with Crippen molar-refractivity contribution >= 4 is 27.3 Å². The summed E-state index contributed by atoms with van der Waals surface area (Å²) in [7, 11) is 0. The first kappa shape index (κ1) is 13.2. The average molecular weight is 318 g/mol. The van der Waals surface area contributed by atoms with Gasteiger partial charge in [0, 0.05) is 12.6 Å². The third kappa shape index (κ3) is 2.78. The van der Waals surface area contributed by atoms with Crippen LogP contribution >= 0.6 is 15.9 Å². The fraction of sp³-hybridized carbons (Fsp3) is 0.455. The van der Waals surface area contributed by atoms with Gasteiger partial charge in [-0.15, -0.1) is 0 Å². The highest BCUT2D eigenvalue weighted by Crippen LogP contribution is 2.37. The van der Waals surface area contributed by atoms with Crippen LogP contribution in [0.1, 0.15) is 12.8 Å². The largest absolute Gasteiger partial charge is 0.375 e. The zero-order valence-electron chi connectivity index (χ0n) is 9.53. The SMILES string of the molecule is NCC(Nc1cc(Br)c(F)cc1[N+](=O)[O-])C1CC1. The van der Waals surface area contributed by atoms with Gasteiger partial charge in [-0.25, -0.2) is 4.39 Å². The lowest BCUT2D eigenvalue weighted by Crippen LogP contribution is -2.31. The van der Waals surface area contributed by atoms with Gasteiger partial charge in [0.15, 0.2) is 0 Å². The van der Waals surface area contributed by atoms with Gasteiger partial charge >= 0.3 is 0 Å². The van der Waals surface area contributed by atoms with E-state index in [0.717, 1.165) is 18.9 Å². The second kappa shape index (κ2) is 5.19. The van der Waals surface area contributed by atoms with Crippen LogP contribution in [0.3, 0.4) is 0 Å². The van der Waals surface area contributed by atoms with Crippen molar-refractivity contribution in [1.82, 2.24) is 0 Å². The van der Waals surface area contributed by atoms with E-state index in [1.54, 1.807) is 0 Å². The summed E-state index contributed by atoms with van der Waals surface area (Å²) >= 11 is 3.02. The van der Waals surface area contributed by atoms with Crippen molar-refractivity contribution in [1.29, 1.82) is 0 Å². The third-order valence-corrected chi connectivity index (χ3v) is 3.63. The summed E-state index contributed by atoms with van der Waals surface area (Å²) in [4.78, 5) is 10.3. The maximum Gasteiger partial charge on any atom is 0.295 e. The molecule has 3 N–H and O–H groups in total. The molecule has 2 rings (SSSR count). The molecule has 0 bridgehead atoms. The lowest BCUT2D eigenvalue weighted by Gasteiger charge is -2.17. The zero-order chi connectivity index (χ0) is 13.3. The van der Waals surface area contributed by atoms with Crippen LogP contribution in [0.4, 0.5) is 15.8 Å². The van der Waals surface area contributed by atoms with Gasteiger partial charge in [-0.2, -0.15) is 0 Å². The van der Waals surface area contributed by atoms with Crippen LogP contribution in [-0.2, 0) is 0 Å². The quantitative estimate of drug-likeness (QED) is 0.646. The van der Waals surface area contributed by atoms with E-state index in [0.29, 0.717) is 18.2 Å². The van der Waals surface area contributed by atoms with E-state index >= 15 is 0 Å². The first-order chi connectivity index (χ1) is 8.52. The van der Waals surface area contributed by atoms with E-state index < -0.39 is 10.7 Å². The minimum absolute atomic E-state index is 0.000983. The first-order valence-electron chi connectivity index (χ1n) is 5.63. The minimum Gasteiger partial charge on any atom is -0.375 e. The van der Waals surface area contributed by atoms with Crippen LogP contribution in [0.25, 0.3) is 0 Å². The van der Waals surface area contributed by atoms with E-state index in [9.17, 15) is 14.5 Å². The molecule has 1 aromatic rings. The lowest BCUT2D eigenvalue weighted by molar-refractivity contribution is -0.384. The number of nitrogens with two attached hydrogens (primary N) is 1. The summed E-state index contributed by atoms with van der Waals surface area (Å²) in [5.41, 5.74) is 5.67. The molecule has 0 heterocycles. The molecular weight excluding hydrogens is 305 g/mol.